The van der Waals surface area contributed by atoms with E-state index in [1.165, 1.54) is 0 Å². The van der Waals surface area contributed by atoms with Gasteiger partial charge in [0.05, 0.1) is 10.7 Å². The van der Waals surface area contributed by atoms with Crippen LogP contribution in [-0.2, 0) is 6.54 Å². The lowest BCUT2D eigenvalue weighted by atomic mass is 10.1. The molecule has 0 aromatic heterocycles. The van der Waals surface area contributed by atoms with Crippen LogP contribution in [0.2, 0.25) is 10.0 Å². The lowest BCUT2D eigenvalue weighted by Gasteiger charge is -2.12. The number of nitrogens with one attached hydrogen (secondary N) is 2. The molecule has 2 rings (SSSR count). The maximum absolute atomic E-state index is 11.9. The Hall–Kier alpha value is -1.71. The van der Waals surface area contributed by atoms with Gasteiger partial charge in [0.2, 0.25) is 0 Å². The molecule has 0 spiro atoms. The summed E-state index contributed by atoms with van der Waals surface area (Å²) < 4.78 is 0. The minimum atomic E-state index is -0.293. The van der Waals surface area contributed by atoms with Crippen LogP contribution in [0.4, 0.5) is 10.5 Å². The molecular formula is C16H16Cl2N2O. The maximum atomic E-state index is 11.9. The summed E-state index contributed by atoms with van der Waals surface area (Å²) >= 11 is 12.0. The van der Waals surface area contributed by atoms with Gasteiger partial charge in [-0.05, 0) is 48.7 Å². The lowest BCUT2D eigenvalue weighted by molar-refractivity contribution is 0.251. The average Bonchev–Trinajstić information content (AvgIpc) is 2.42. The molecule has 2 aromatic rings. The average molecular weight is 323 g/mol. The monoisotopic (exact) mass is 322 g/mol. The van der Waals surface area contributed by atoms with E-state index in [1.807, 2.05) is 38.1 Å². The maximum Gasteiger partial charge on any atom is 0.319 e. The molecule has 0 unspecified atom stereocenters. The Labute approximate surface area is 134 Å². The normalized spacial score (nSPS) is 10.3. The fourth-order valence-electron chi connectivity index (χ4n) is 2.02. The number of anilines is 1. The first-order chi connectivity index (χ1) is 9.95. The van der Waals surface area contributed by atoms with Crippen molar-refractivity contribution in [3.63, 3.8) is 0 Å². The molecule has 0 bridgehead atoms. The van der Waals surface area contributed by atoms with Gasteiger partial charge in [-0.15, -0.1) is 0 Å². The number of hydrogen-bond acceptors (Lipinski definition) is 1. The largest absolute Gasteiger partial charge is 0.334 e. The van der Waals surface area contributed by atoms with E-state index in [9.17, 15) is 4.79 Å². The highest BCUT2D eigenvalue weighted by atomic mass is 35.5. The van der Waals surface area contributed by atoms with Crippen molar-refractivity contribution in [3.8, 4) is 0 Å². The quantitative estimate of drug-likeness (QED) is 0.826. The van der Waals surface area contributed by atoms with Crippen LogP contribution >= 0.6 is 23.2 Å². The second-order valence-electron chi connectivity index (χ2n) is 4.87. The van der Waals surface area contributed by atoms with Crippen molar-refractivity contribution in [2.75, 3.05) is 5.32 Å². The van der Waals surface area contributed by atoms with Gasteiger partial charge in [-0.2, -0.15) is 0 Å². The van der Waals surface area contributed by atoms with Crippen molar-refractivity contribution < 1.29 is 4.79 Å². The van der Waals surface area contributed by atoms with Crippen LogP contribution in [0.25, 0.3) is 0 Å². The highest BCUT2D eigenvalue weighted by molar-refractivity contribution is 6.34. The molecule has 2 amide bonds. The smallest absolute Gasteiger partial charge is 0.319 e. The number of benzene rings is 2. The third kappa shape index (κ3) is 4.38. The molecular weight excluding hydrogens is 307 g/mol. The third-order valence-electron chi connectivity index (χ3n) is 3.04. The van der Waals surface area contributed by atoms with E-state index in [4.69, 9.17) is 23.2 Å². The molecule has 0 aliphatic carbocycles. The Kier molecular flexibility index (Phi) is 5.10. The first-order valence-electron chi connectivity index (χ1n) is 6.52. The zero-order valence-corrected chi connectivity index (χ0v) is 13.3. The van der Waals surface area contributed by atoms with Gasteiger partial charge in [0, 0.05) is 11.6 Å². The number of rotatable bonds is 3. The predicted octanol–water partition coefficient (Wildman–Crippen LogP) is 4.93. The number of amides is 2. The molecule has 21 heavy (non-hydrogen) atoms. The summed E-state index contributed by atoms with van der Waals surface area (Å²) in [6.07, 6.45) is 0. The standard InChI is InChI=1S/C16H16Cl2N2O/c1-10-7-11(2)15(14(18)8-10)20-16(21)19-9-12-3-5-13(17)6-4-12/h3-8H,9H2,1-2H3,(H2,19,20,21). The highest BCUT2D eigenvalue weighted by Crippen LogP contribution is 2.27. The molecule has 0 fully saturated rings. The second kappa shape index (κ2) is 6.83. The Bertz CT molecular complexity index is 631. The molecule has 110 valence electrons. The minimum Gasteiger partial charge on any atom is -0.334 e. The molecule has 3 nitrogen and oxygen atoms in total. The van der Waals surface area contributed by atoms with Crippen LogP contribution in [0.1, 0.15) is 16.7 Å². The zero-order valence-electron chi connectivity index (χ0n) is 11.8. The van der Waals surface area contributed by atoms with Gasteiger partial charge in [-0.25, -0.2) is 4.79 Å². The first-order valence-corrected chi connectivity index (χ1v) is 7.27. The molecule has 0 aliphatic heterocycles. The number of urea groups is 1. The molecule has 0 saturated carbocycles. The summed E-state index contributed by atoms with van der Waals surface area (Å²) in [7, 11) is 0. The van der Waals surface area contributed by atoms with Gasteiger partial charge in [0.25, 0.3) is 0 Å². The van der Waals surface area contributed by atoms with Crippen molar-refractivity contribution in [2.45, 2.75) is 20.4 Å². The van der Waals surface area contributed by atoms with Crippen molar-refractivity contribution >= 4 is 34.9 Å². The van der Waals surface area contributed by atoms with E-state index in [0.717, 1.165) is 16.7 Å². The molecule has 5 heteroatoms. The fourth-order valence-corrected chi connectivity index (χ4v) is 2.51. The van der Waals surface area contributed by atoms with Crippen LogP contribution in [0.3, 0.4) is 0 Å². The van der Waals surface area contributed by atoms with Crippen LogP contribution in [0.5, 0.6) is 0 Å². The van der Waals surface area contributed by atoms with E-state index < -0.39 is 0 Å². The van der Waals surface area contributed by atoms with Crippen LogP contribution in [0.15, 0.2) is 36.4 Å². The zero-order chi connectivity index (χ0) is 15.4. The van der Waals surface area contributed by atoms with Gasteiger partial charge in [-0.1, -0.05) is 41.4 Å². The molecule has 0 saturated heterocycles. The number of halogens is 2. The van der Waals surface area contributed by atoms with Gasteiger partial charge >= 0.3 is 6.03 Å². The summed E-state index contributed by atoms with van der Waals surface area (Å²) in [5, 5.41) is 6.77. The number of carbonyl (C=O) groups is 1. The Balaban J connectivity index is 1.97. The topological polar surface area (TPSA) is 41.1 Å². The molecule has 0 aliphatic rings. The summed E-state index contributed by atoms with van der Waals surface area (Å²) in [4.78, 5) is 11.9. The summed E-state index contributed by atoms with van der Waals surface area (Å²) in [6, 6.07) is 10.8. The molecule has 2 aromatic carbocycles. The van der Waals surface area contributed by atoms with E-state index in [2.05, 4.69) is 10.6 Å². The van der Waals surface area contributed by atoms with Gasteiger partial charge in [0.1, 0.15) is 0 Å². The van der Waals surface area contributed by atoms with E-state index in [1.54, 1.807) is 12.1 Å². The third-order valence-corrected chi connectivity index (χ3v) is 3.59. The van der Waals surface area contributed by atoms with Crippen molar-refractivity contribution in [3.05, 3.63) is 63.1 Å². The predicted molar refractivity (Wildman–Crippen MR) is 88.2 cm³/mol. The lowest BCUT2D eigenvalue weighted by Crippen LogP contribution is -2.28. The summed E-state index contributed by atoms with van der Waals surface area (Å²) in [5.74, 6) is 0. The number of carbonyl (C=O) groups excluding carboxylic acids is 1. The minimum absolute atomic E-state index is 0.293. The number of aryl methyl sites for hydroxylation is 2. The molecule has 0 heterocycles. The van der Waals surface area contributed by atoms with E-state index >= 15 is 0 Å². The van der Waals surface area contributed by atoms with Crippen molar-refractivity contribution in [2.24, 2.45) is 0 Å². The molecule has 2 N–H and O–H groups in total. The Morgan fingerprint density at radius 3 is 2.38 bits per heavy atom. The van der Waals surface area contributed by atoms with Gasteiger partial charge in [0.15, 0.2) is 0 Å². The second-order valence-corrected chi connectivity index (χ2v) is 5.72. The highest BCUT2D eigenvalue weighted by Gasteiger charge is 2.09. The molecule has 0 radical (unpaired) electrons. The van der Waals surface area contributed by atoms with Crippen molar-refractivity contribution in [1.82, 2.24) is 5.32 Å². The Morgan fingerprint density at radius 1 is 1.10 bits per heavy atom. The van der Waals surface area contributed by atoms with Crippen LogP contribution in [-0.4, -0.2) is 6.03 Å². The molecule has 0 atom stereocenters. The fraction of sp³-hybridized carbons (Fsp3) is 0.188. The van der Waals surface area contributed by atoms with Gasteiger partial charge < -0.3 is 10.6 Å². The van der Waals surface area contributed by atoms with E-state index in [0.29, 0.717) is 22.3 Å². The number of hydrogen-bond donors (Lipinski definition) is 2. The van der Waals surface area contributed by atoms with Crippen molar-refractivity contribution in [1.29, 1.82) is 0 Å². The summed E-state index contributed by atoms with van der Waals surface area (Å²) in [5.41, 5.74) is 3.60. The first kappa shape index (κ1) is 15.7. The van der Waals surface area contributed by atoms with Crippen LogP contribution < -0.4 is 10.6 Å². The SMILES string of the molecule is Cc1cc(C)c(NC(=O)NCc2ccc(Cl)cc2)c(Cl)c1. The summed E-state index contributed by atoms with van der Waals surface area (Å²) in [6.45, 7) is 4.29. The Morgan fingerprint density at radius 2 is 1.76 bits per heavy atom. The van der Waals surface area contributed by atoms with E-state index in [-0.39, 0.29) is 6.03 Å². The van der Waals surface area contributed by atoms with Gasteiger partial charge in [-0.3, -0.25) is 0 Å². The van der Waals surface area contributed by atoms with Crippen LogP contribution in [0, 0.1) is 13.8 Å².